The summed E-state index contributed by atoms with van der Waals surface area (Å²) in [5.74, 6) is 0.605. The van der Waals surface area contributed by atoms with E-state index in [9.17, 15) is 4.79 Å². The molecular weight excluding hydrogens is 258 g/mol. The zero-order chi connectivity index (χ0) is 16.3. The molecule has 0 spiro atoms. The number of likely N-dealkylation sites (tertiary alicyclic amines) is 1. The van der Waals surface area contributed by atoms with Crippen molar-refractivity contribution in [3.05, 3.63) is 48.1 Å². The van der Waals surface area contributed by atoms with Crippen molar-refractivity contribution in [2.45, 2.75) is 47.5 Å². The molecule has 21 heavy (non-hydrogen) atoms. The van der Waals surface area contributed by atoms with Crippen LogP contribution in [0, 0.1) is 5.92 Å². The van der Waals surface area contributed by atoms with Crippen molar-refractivity contribution in [3.63, 3.8) is 0 Å². The fourth-order valence-corrected chi connectivity index (χ4v) is 2.35. The summed E-state index contributed by atoms with van der Waals surface area (Å²) in [4.78, 5) is 13.4. The first-order chi connectivity index (χ1) is 10.0. The van der Waals surface area contributed by atoms with Crippen molar-refractivity contribution in [3.8, 4) is 0 Å². The number of hydrogen-bond donors (Lipinski definition) is 0. The highest BCUT2D eigenvalue weighted by Crippen LogP contribution is 2.25. The predicted octanol–water partition coefficient (Wildman–Crippen LogP) is 4.91. The van der Waals surface area contributed by atoms with Gasteiger partial charge in [-0.2, -0.15) is 0 Å². The standard InChI is InChI=1S/C17H25NO.C2H6/c1-5-8-16(10-6-9-14(2)3)17-11-7-12-18(13-17)15(4)19;1-2/h5-6,8-10,17H,1,7,11-13H2,2-4H3;1-2H3/b10-6-,16-8+;. The minimum absolute atomic E-state index is 0.177. The smallest absolute Gasteiger partial charge is 0.219 e. The predicted molar refractivity (Wildman–Crippen MR) is 93.2 cm³/mol. The van der Waals surface area contributed by atoms with Crippen LogP contribution in [0.15, 0.2) is 48.1 Å². The van der Waals surface area contributed by atoms with Crippen LogP contribution in [0.4, 0.5) is 0 Å². The topological polar surface area (TPSA) is 20.3 Å². The fraction of sp³-hybridized carbons (Fsp3) is 0.526. The molecule has 0 N–H and O–H groups in total. The fourth-order valence-electron chi connectivity index (χ4n) is 2.35. The number of rotatable bonds is 4. The molecule has 1 heterocycles. The van der Waals surface area contributed by atoms with E-state index < -0.39 is 0 Å². The molecule has 1 aliphatic rings. The minimum Gasteiger partial charge on any atom is -0.342 e. The van der Waals surface area contributed by atoms with E-state index in [4.69, 9.17) is 0 Å². The molecule has 0 bridgehead atoms. The molecule has 0 aliphatic carbocycles. The third kappa shape index (κ3) is 7.69. The molecule has 0 aromatic heterocycles. The number of amides is 1. The molecule has 0 aromatic carbocycles. The lowest BCUT2D eigenvalue weighted by atomic mass is 9.89. The van der Waals surface area contributed by atoms with Gasteiger partial charge in [0.05, 0.1) is 0 Å². The number of carbonyl (C=O) groups excluding carboxylic acids is 1. The molecule has 0 saturated carbocycles. The van der Waals surface area contributed by atoms with Gasteiger partial charge in [0.1, 0.15) is 0 Å². The van der Waals surface area contributed by atoms with E-state index in [0.29, 0.717) is 5.92 Å². The Hall–Kier alpha value is -1.57. The maximum atomic E-state index is 11.5. The van der Waals surface area contributed by atoms with Gasteiger partial charge < -0.3 is 4.90 Å². The summed E-state index contributed by atoms with van der Waals surface area (Å²) in [7, 11) is 0. The van der Waals surface area contributed by atoms with Crippen molar-refractivity contribution in [2.75, 3.05) is 13.1 Å². The Balaban J connectivity index is 0.00000191. The highest BCUT2D eigenvalue weighted by molar-refractivity contribution is 5.73. The summed E-state index contributed by atoms with van der Waals surface area (Å²) >= 11 is 0. The van der Waals surface area contributed by atoms with Crippen LogP contribution < -0.4 is 0 Å². The summed E-state index contributed by atoms with van der Waals surface area (Å²) in [5, 5.41) is 0. The third-order valence-electron chi connectivity index (χ3n) is 3.37. The van der Waals surface area contributed by atoms with Crippen LogP contribution in [0.2, 0.25) is 0 Å². The second-order valence-corrected chi connectivity index (χ2v) is 5.31. The van der Waals surface area contributed by atoms with E-state index in [1.807, 2.05) is 24.8 Å². The second kappa shape index (κ2) is 11.1. The van der Waals surface area contributed by atoms with Crippen LogP contribution in [0.1, 0.15) is 47.5 Å². The van der Waals surface area contributed by atoms with Crippen molar-refractivity contribution in [2.24, 2.45) is 5.92 Å². The highest BCUT2D eigenvalue weighted by atomic mass is 16.2. The van der Waals surface area contributed by atoms with Crippen molar-refractivity contribution in [1.29, 1.82) is 0 Å². The molecule has 2 heteroatoms. The average Bonchev–Trinajstić information content (AvgIpc) is 2.48. The lowest BCUT2D eigenvalue weighted by Crippen LogP contribution is -2.38. The van der Waals surface area contributed by atoms with Gasteiger partial charge in [0.15, 0.2) is 0 Å². The third-order valence-corrected chi connectivity index (χ3v) is 3.37. The van der Waals surface area contributed by atoms with Crippen LogP contribution in [-0.2, 0) is 4.79 Å². The molecule has 1 saturated heterocycles. The monoisotopic (exact) mass is 289 g/mol. The van der Waals surface area contributed by atoms with Crippen LogP contribution >= 0.6 is 0 Å². The second-order valence-electron chi connectivity index (χ2n) is 5.31. The Morgan fingerprint density at radius 2 is 1.86 bits per heavy atom. The molecule has 1 fully saturated rings. The average molecular weight is 289 g/mol. The molecule has 0 aromatic rings. The van der Waals surface area contributed by atoms with Crippen LogP contribution in [0.25, 0.3) is 0 Å². The molecular formula is C19H31NO. The lowest BCUT2D eigenvalue weighted by molar-refractivity contribution is -0.130. The van der Waals surface area contributed by atoms with E-state index in [1.165, 1.54) is 11.1 Å². The molecule has 1 rings (SSSR count). The summed E-state index contributed by atoms with van der Waals surface area (Å²) in [6.45, 7) is 15.3. The first-order valence-electron chi connectivity index (χ1n) is 7.94. The minimum atomic E-state index is 0.177. The maximum absolute atomic E-state index is 11.5. The van der Waals surface area contributed by atoms with Gasteiger partial charge in [-0.15, -0.1) is 0 Å². The lowest BCUT2D eigenvalue weighted by Gasteiger charge is -2.32. The number of allylic oxidation sites excluding steroid dienone is 6. The van der Waals surface area contributed by atoms with Crippen molar-refractivity contribution >= 4 is 5.91 Å². The van der Waals surface area contributed by atoms with E-state index in [1.54, 1.807) is 6.92 Å². The normalized spacial score (nSPS) is 18.8. The number of nitrogens with zero attached hydrogens (tertiary/aromatic N) is 1. The quantitative estimate of drug-likeness (QED) is 0.674. The van der Waals surface area contributed by atoms with E-state index in [0.717, 1.165) is 25.9 Å². The molecule has 1 amide bonds. The molecule has 1 atom stereocenters. The summed E-state index contributed by atoms with van der Waals surface area (Å²) in [6.07, 6.45) is 12.4. The molecule has 118 valence electrons. The summed E-state index contributed by atoms with van der Waals surface area (Å²) in [5.41, 5.74) is 2.54. The number of hydrogen-bond acceptors (Lipinski definition) is 1. The van der Waals surface area contributed by atoms with Gasteiger partial charge >= 0.3 is 0 Å². The maximum Gasteiger partial charge on any atom is 0.219 e. The van der Waals surface area contributed by atoms with E-state index in [2.05, 4.69) is 44.7 Å². The Kier molecular flexibility index (Phi) is 10.3. The molecule has 1 aliphatic heterocycles. The van der Waals surface area contributed by atoms with Crippen molar-refractivity contribution in [1.82, 2.24) is 4.90 Å². The largest absolute Gasteiger partial charge is 0.342 e. The van der Waals surface area contributed by atoms with E-state index in [-0.39, 0.29) is 5.91 Å². The van der Waals surface area contributed by atoms with Crippen LogP contribution in [0.5, 0.6) is 0 Å². The van der Waals surface area contributed by atoms with Gasteiger partial charge in [0, 0.05) is 25.9 Å². The van der Waals surface area contributed by atoms with Crippen LogP contribution in [-0.4, -0.2) is 23.9 Å². The number of carbonyl (C=O) groups is 1. The van der Waals surface area contributed by atoms with Gasteiger partial charge in [0.2, 0.25) is 5.91 Å². The Bertz CT molecular complexity index is 411. The first kappa shape index (κ1) is 19.4. The van der Waals surface area contributed by atoms with Gasteiger partial charge in [-0.1, -0.05) is 56.4 Å². The Labute approximate surface area is 130 Å². The highest BCUT2D eigenvalue weighted by Gasteiger charge is 2.22. The summed E-state index contributed by atoms with van der Waals surface area (Å²) in [6, 6.07) is 0. The van der Waals surface area contributed by atoms with Crippen LogP contribution in [0.3, 0.4) is 0 Å². The van der Waals surface area contributed by atoms with Gasteiger partial charge in [-0.3, -0.25) is 4.79 Å². The molecule has 1 unspecified atom stereocenters. The first-order valence-corrected chi connectivity index (χ1v) is 7.94. The Morgan fingerprint density at radius 1 is 1.19 bits per heavy atom. The van der Waals surface area contributed by atoms with Gasteiger partial charge in [0.25, 0.3) is 0 Å². The van der Waals surface area contributed by atoms with Gasteiger partial charge in [-0.25, -0.2) is 0 Å². The number of piperidine rings is 1. The summed E-state index contributed by atoms with van der Waals surface area (Å²) < 4.78 is 0. The van der Waals surface area contributed by atoms with Crippen molar-refractivity contribution < 1.29 is 4.79 Å². The SMILES string of the molecule is C=C/C=C(\C=C/C=C(C)C)C1CCCN(C(C)=O)C1.CC. The van der Waals surface area contributed by atoms with E-state index >= 15 is 0 Å². The van der Waals surface area contributed by atoms with Gasteiger partial charge in [-0.05, 0) is 32.3 Å². The molecule has 2 nitrogen and oxygen atoms in total. The Morgan fingerprint density at radius 3 is 2.38 bits per heavy atom. The zero-order valence-electron chi connectivity index (χ0n) is 14.4. The zero-order valence-corrected chi connectivity index (χ0v) is 14.4. The molecule has 0 radical (unpaired) electrons.